The van der Waals surface area contributed by atoms with Gasteiger partial charge in [-0.05, 0) is 24.3 Å². The van der Waals surface area contributed by atoms with Crippen molar-refractivity contribution in [3.8, 4) is 0 Å². The number of hydrogen-bond acceptors (Lipinski definition) is 4. The maximum atomic E-state index is 13.4. The lowest BCUT2D eigenvalue weighted by Crippen LogP contribution is -2.28. The average Bonchev–Trinajstić information content (AvgIpc) is 2.54. The first-order valence-electron chi connectivity index (χ1n) is 6.69. The van der Waals surface area contributed by atoms with E-state index in [4.69, 9.17) is 22.1 Å². The molecule has 2 rings (SSSR count). The standard InChI is InChI=1S/C16H14ClFN2O3/c17-12-6-5-10(7-14(12)19)16(22)23-9-15(21)20-8-11-3-1-2-4-13(11)18/h1-7H,8-9,19H2,(H,20,21). The molecule has 2 aromatic carbocycles. The summed E-state index contributed by atoms with van der Waals surface area (Å²) in [6.07, 6.45) is 0. The third-order valence-corrected chi connectivity index (χ3v) is 3.34. The maximum Gasteiger partial charge on any atom is 0.338 e. The van der Waals surface area contributed by atoms with Crippen LogP contribution in [0.15, 0.2) is 42.5 Å². The van der Waals surface area contributed by atoms with Gasteiger partial charge in [0.25, 0.3) is 5.91 Å². The number of carbonyl (C=O) groups excluding carboxylic acids is 2. The molecule has 0 aromatic heterocycles. The Morgan fingerprint density at radius 3 is 2.65 bits per heavy atom. The van der Waals surface area contributed by atoms with Gasteiger partial charge in [0.1, 0.15) is 5.82 Å². The number of rotatable bonds is 5. The number of halogens is 2. The number of ether oxygens (including phenoxy) is 1. The second-order valence-electron chi connectivity index (χ2n) is 4.68. The van der Waals surface area contributed by atoms with Gasteiger partial charge in [-0.3, -0.25) is 4.79 Å². The number of esters is 1. The summed E-state index contributed by atoms with van der Waals surface area (Å²) in [4.78, 5) is 23.4. The van der Waals surface area contributed by atoms with E-state index in [2.05, 4.69) is 5.32 Å². The number of nitrogens with two attached hydrogens (primary N) is 1. The number of nitrogens with one attached hydrogen (secondary N) is 1. The number of nitrogen functional groups attached to an aromatic ring is 1. The first-order chi connectivity index (χ1) is 11.0. The number of carbonyl (C=O) groups is 2. The lowest BCUT2D eigenvalue weighted by Gasteiger charge is -2.08. The maximum absolute atomic E-state index is 13.4. The predicted molar refractivity (Wildman–Crippen MR) is 84.4 cm³/mol. The zero-order valence-corrected chi connectivity index (χ0v) is 12.8. The van der Waals surface area contributed by atoms with Gasteiger partial charge in [0, 0.05) is 12.1 Å². The molecule has 0 fully saturated rings. The second-order valence-corrected chi connectivity index (χ2v) is 5.09. The van der Waals surface area contributed by atoms with Crippen LogP contribution in [-0.2, 0) is 16.1 Å². The Labute approximate surface area is 137 Å². The van der Waals surface area contributed by atoms with Crippen molar-refractivity contribution in [2.24, 2.45) is 0 Å². The van der Waals surface area contributed by atoms with Crippen LogP contribution in [0.5, 0.6) is 0 Å². The van der Waals surface area contributed by atoms with Crippen LogP contribution in [-0.4, -0.2) is 18.5 Å². The SMILES string of the molecule is Nc1cc(C(=O)OCC(=O)NCc2ccccc2F)ccc1Cl. The molecule has 0 saturated heterocycles. The highest BCUT2D eigenvalue weighted by atomic mass is 35.5. The first-order valence-corrected chi connectivity index (χ1v) is 7.07. The lowest BCUT2D eigenvalue weighted by atomic mass is 10.2. The summed E-state index contributed by atoms with van der Waals surface area (Å²) in [5.74, 6) is -1.65. The van der Waals surface area contributed by atoms with Crippen molar-refractivity contribution in [3.05, 3.63) is 64.4 Å². The van der Waals surface area contributed by atoms with E-state index in [0.29, 0.717) is 10.6 Å². The third-order valence-electron chi connectivity index (χ3n) is 3.00. The molecule has 0 bridgehead atoms. The molecule has 0 radical (unpaired) electrons. The van der Waals surface area contributed by atoms with Gasteiger partial charge >= 0.3 is 5.97 Å². The van der Waals surface area contributed by atoms with Gasteiger partial charge in [-0.15, -0.1) is 0 Å². The van der Waals surface area contributed by atoms with E-state index in [1.54, 1.807) is 18.2 Å². The molecule has 0 aliphatic rings. The minimum absolute atomic E-state index is 0.0109. The van der Waals surface area contributed by atoms with Crippen LogP contribution in [0.25, 0.3) is 0 Å². The summed E-state index contributed by atoms with van der Waals surface area (Å²) in [5, 5.41) is 2.79. The van der Waals surface area contributed by atoms with Crippen molar-refractivity contribution < 1.29 is 18.7 Å². The number of benzene rings is 2. The molecule has 0 spiro atoms. The van der Waals surface area contributed by atoms with E-state index in [0.717, 1.165) is 0 Å². The zero-order chi connectivity index (χ0) is 16.8. The highest BCUT2D eigenvalue weighted by Gasteiger charge is 2.12. The Morgan fingerprint density at radius 1 is 1.22 bits per heavy atom. The van der Waals surface area contributed by atoms with E-state index in [1.165, 1.54) is 24.3 Å². The van der Waals surface area contributed by atoms with Crippen LogP contribution in [0.4, 0.5) is 10.1 Å². The molecular weight excluding hydrogens is 323 g/mol. The van der Waals surface area contributed by atoms with Crippen LogP contribution in [0.1, 0.15) is 15.9 Å². The third kappa shape index (κ3) is 4.69. The van der Waals surface area contributed by atoms with Crippen LogP contribution in [0.2, 0.25) is 5.02 Å². The highest BCUT2D eigenvalue weighted by Crippen LogP contribution is 2.19. The molecule has 0 aliphatic heterocycles. The van der Waals surface area contributed by atoms with Crippen molar-refractivity contribution in [2.75, 3.05) is 12.3 Å². The molecule has 0 aliphatic carbocycles. The van der Waals surface area contributed by atoms with Crippen LogP contribution in [0.3, 0.4) is 0 Å². The van der Waals surface area contributed by atoms with Crippen molar-refractivity contribution in [2.45, 2.75) is 6.54 Å². The van der Waals surface area contributed by atoms with Crippen LogP contribution in [0, 0.1) is 5.82 Å². The Bertz CT molecular complexity index is 737. The van der Waals surface area contributed by atoms with Crippen molar-refractivity contribution >= 4 is 29.2 Å². The van der Waals surface area contributed by atoms with Crippen molar-refractivity contribution in [1.29, 1.82) is 0 Å². The lowest BCUT2D eigenvalue weighted by molar-refractivity contribution is -0.124. The summed E-state index contributed by atoms with van der Waals surface area (Å²) in [6.45, 7) is -0.466. The zero-order valence-electron chi connectivity index (χ0n) is 12.0. The average molecular weight is 337 g/mol. The van der Waals surface area contributed by atoms with Crippen molar-refractivity contribution in [1.82, 2.24) is 5.32 Å². The van der Waals surface area contributed by atoms with E-state index in [-0.39, 0.29) is 17.8 Å². The summed E-state index contributed by atoms with van der Waals surface area (Å²) >= 11 is 5.75. The normalized spacial score (nSPS) is 10.2. The molecule has 120 valence electrons. The van der Waals surface area contributed by atoms with Gasteiger partial charge in [0.2, 0.25) is 0 Å². The number of hydrogen-bond donors (Lipinski definition) is 2. The molecule has 2 aromatic rings. The number of anilines is 1. The van der Waals surface area contributed by atoms with Gasteiger partial charge in [-0.1, -0.05) is 29.8 Å². The summed E-state index contributed by atoms with van der Waals surface area (Å²) in [5.41, 5.74) is 6.36. The Hall–Kier alpha value is -2.60. The number of amides is 1. The van der Waals surface area contributed by atoms with Gasteiger partial charge in [0.05, 0.1) is 16.3 Å². The topological polar surface area (TPSA) is 81.4 Å². The minimum Gasteiger partial charge on any atom is -0.452 e. The monoisotopic (exact) mass is 336 g/mol. The van der Waals surface area contributed by atoms with Crippen LogP contribution >= 0.6 is 11.6 Å². The molecular formula is C16H14ClFN2O3. The van der Waals surface area contributed by atoms with Gasteiger partial charge in [-0.25, -0.2) is 9.18 Å². The first kappa shape index (κ1) is 16.8. The molecule has 7 heteroatoms. The molecule has 0 atom stereocenters. The Morgan fingerprint density at radius 2 is 1.96 bits per heavy atom. The van der Waals surface area contributed by atoms with Crippen molar-refractivity contribution in [3.63, 3.8) is 0 Å². The molecule has 5 nitrogen and oxygen atoms in total. The summed E-state index contributed by atoms with van der Waals surface area (Å²) in [7, 11) is 0. The predicted octanol–water partition coefficient (Wildman–Crippen LogP) is 2.53. The second kappa shape index (κ2) is 7.60. The Balaban J connectivity index is 1.83. The van der Waals surface area contributed by atoms with E-state index >= 15 is 0 Å². The largest absolute Gasteiger partial charge is 0.452 e. The molecule has 1 amide bonds. The minimum atomic E-state index is -0.700. The van der Waals surface area contributed by atoms with E-state index in [9.17, 15) is 14.0 Å². The van der Waals surface area contributed by atoms with E-state index in [1.807, 2.05) is 0 Å². The molecule has 0 saturated carbocycles. The van der Waals surface area contributed by atoms with Gasteiger partial charge in [0.15, 0.2) is 6.61 Å². The van der Waals surface area contributed by atoms with E-state index < -0.39 is 24.3 Å². The fourth-order valence-corrected chi connectivity index (χ4v) is 1.89. The molecule has 23 heavy (non-hydrogen) atoms. The quantitative estimate of drug-likeness (QED) is 0.649. The fraction of sp³-hybridized carbons (Fsp3) is 0.125. The molecule has 0 unspecified atom stereocenters. The smallest absolute Gasteiger partial charge is 0.338 e. The highest BCUT2D eigenvalue weighted by molar-refractivity contribution is 6.33. The molecule has 0 heterocycles. The van der Waals surface area contributed by atoms with Crippen LogP contribution < -0.4 is 11.1 Å². The molecule has 3 N–H and O–H groups in total. The summed E-state index contributed by atoms with van der Waals surface area (Å²) < 4.78 is 18.2. The fourth-order valence-electron chi connectivity index (χ4n) is 1.77. The van der Waals surface area contributed by atoms with Gasteiger partial charge in [-0.2, -0.15) is 0 Å². The van der Waals surface area contributed by atoms with Gasteiger partial charge < -0.3 is 15.8 Å². The summed E-state index contributed by atoms with van der Waals surface area (Å²) in [6, 6.07) is 10.3. The Kier molecular flexibility index (Phi) is 5.54.